The lowest BCUT2D eigenvalue weighted by atomic mass is 10.3. The molecular formula is C6H4F4O2. The van der Waals surface area contributed by atoms with Gasteiger partial charge in [-0.2, -0.15) is 8.78 Å². The summed E-state index contributed by atoms with van der Waals surface area (Å²) in [5.74, 6) is -6.52. The van der Waals surface area contributed by atoms with Gasteiger partial charge in [-0.15, -0.1) is 0 Å². The minimum absolute atomic E-state index is 0.943. The van der Waals surface area contributed by atoms with E-state index in [2.05, 4.69) is 9.47 Å². The van der Waals surface area contributed by atoms with E-state index in [-0.39, 0.29) is 0 Å². The fourth-order valence-electron chi connectivity index (χ4n) is 0.629. The lowest BCUT2D eigenvalue weighted by Crippen LogP contribution is -2.15. The molecule has 0 aliphatic carbocycles. The molecule has 1 atom stereocenters. The Morgan fingerprint density at radius 2 is 1.83 bits per heavy atom. The van der Waals surface area contributed by atoms with Crippen LogP contribution in [0.5, 0.6) is 0 Å². The van der Waals surface area contributed by atoms with Crippen LogP contribution in [-0.2, 0) is 9.47 Å². The highest BCUT2D eigenvalue weighted by Crippen LogP contribution is 2.32. The fourth-order valence-corrected chi connectivity index (χ4v) is 0.629. The molecule has 0 bridgehead atoms. The summed E-state index contributed by atoms with van der Waals surface area (Å²) in [6, 6.07) is 0. The van der Waals surface area contributed by atoms with Crippen LogP contribution in [0.2, 0.25) is 0 Å². The number of alkyl halides is 1. The second-order valence-corrected chi connectivity index (χ2v) is 1.90. The molecule has 0 saturated heterocycles. The lowest BCUT2D eigenvalue weighted by Gasteiger charge is -2.16. The number of halogens is 4. The summed E-state index contributed by atoms with van der Waals surface area (Å²) >= 11 is 0. The maximum absolute atomic E-state index is 12.5. The van der Waals surface area contributed by atoms with Gasteiger partial charge in [0.25, 0.3) is 6.36 Å². The van der Waals surface area contributed by atoms with Gasteiger partial charge in [-0.05, 0) is 0 Å². The Morgan fingerprint density at radius 3 is 2.33 bits per heavy atom. The Labute approximate surface area is 65.1 Å². The van der Waals surface area contributed by atoms with E-state index >= 15 is 0 Å². The first-order chi connectivity index (χ1) is 5.57. The molecular weight excluding hydrogens is 180 g/mol. The van der Waals surface area contributed by atoms with Crippen molar-refractivity contribution in [2.45, 2.75) is 6.36 Å². The van der Waals surface area contributed by atoms with Crippen LogP contribution >= 0.6 is 0 Å². The van der Waals surface area contributed by atoms with Crippen LogP contribution in [0, 0.1) is 0 Å². The maximum Gasteiger partial charge on any atom is 0.322 e. The molecule has 1 heterocycles. The first-order valence-electron chi connectivity index (χ1n) is 2.88. The summed E-state index contributed by atoms with van der Waals surface area (Å²) in [6.45, 7) is 0. The molecule has 1 aliphatic rings. The molecule has 0 aromatic heterocycles. The summed E-state index contributed by atoms with van der Waals surface area (Å²) in [5, 5.41) is 0. The van der Waals surface area contributed by atoms with E-state index in [0.717, 1.165) is 7.11 Å². The molecule has 1 rings (SSSR count). The quantitative estimate of drug-likeness (QED) is 0.582. The Balaban J connectivity index is 3.06. The van der Waals surface area contributed by atoms with Gasteiger partial charge >= 0.3 is 5.95 Å². The smallest absolute Gasteiger partial charge is 0.322 e. The van der Waals surface area contributed by atoms with Crippen LogP contribution < -0.4 is 0 Å². The largest absolute Gasteiger partial charge is 0.466 e. The molecule has 0 aromatic rings. The van der Waals surface area contributed by atoms with E-state index in [9.17, 15) is 17.6 Å². The van der Waals surface area contributed by atoms with Crippen LogP contribution in [-0.4, -0.2) is 13.5 Å². The van der Waals surface area contributed by atoms with Crippen LogP contribution in [0.1, 0.15) is 0 Å². The standard InChI is InChI=1S/C6H4F4O2/c1-11-6-4(9)2(7)3(8)5(10)12-6/h5H,1H3. The Morgan fingerprint density at radius 1 is 1.25 bits per heavy atom. The molecule has 12 heavy (non-hydrogen) atoms. The van der Waals surface area contributed by atoms with Gasteiger partial charge in [0, 0.05) is 0 Å². The molecule has 0 saturated carbocycles. The molecule has 6 heteroatoms. The zero-order valence-electron chi connectivity index (χ0n) is 5.91. The van der Waals surface area contributed by atoms with E-state index in [1.54, 1.807) is 0 Å². The molecule has 0 aromatic carbocycles. The number of hydrogen-bond acceptors (Lipinski definition) is 2. The van der Waals surface area contributed by atoms with Crippen molar-refractivity contribution < 1.29 is 27.0 Å². The summed E-state index contributed by atoms with van der Waals surface area (Å²) in [6.07, 6.45) is -2.64. The van der Waals surface area contributed by atoms with Crippen LogP contribution in [0.25, 0.3) is 0 Å². The van der Waals surface area contributed by atoms with E-state index < -0.39 is 29.8 Å². The fraction of sp³-hybridized carbons (Fsp3) is 0.333. The van der Waals surface area contributed by atoms with Crippen LogP contribution in [0.3, 0.4) is 0 Å². The molecule has 0 N–H and O–H groups in total. The van der Waals surface area contributed by atoms with Gasteiger partial charge in [0.1, 0.15) is 0 Å². The number of ether oxygens (including phenoxy) is 2. The van der Waals surface area contributed by atoms with E-state index in [1.165, 1.54) is 0 Å². The van der Waals surface area contributed by atoms with Crippen molar-refractivity contribution in [1.29, 1.82) is 0 Å². The zero-order chi connectivity index (χ0) is 9.30. The highest BCUT2D eigenvalue weighted by atomic mass is 19.2. The lowest BCUT2D eigenvalue weighted by molar-refractivity contribution is -0.0605. The van der Waals surface area contributed by atoms with Crippen LogP contribution in [0.4, 0.5) is 17.6 Å². The number of rotatable bonds is 1. The third kappa shape index (κ3) is 1.24. The summed E-state index contributed by atoms with van der Waals surface area (Å²) in [5.41, 5.74) is 0. The van der Waals surface area contributed by atoms with E-state index in [0.29, 0.717) is 0 Å². The average Bonchev–Trinajstić information content (AvgIpc) is 2.08. The van der Waals surface area contributed by atoms with E-state index in [1.807, 2.05) is 0 Å². The normalized spacial score (nSPS) is 24.2. The topological polar surface area (TPSA) is 18.5 Å². The van der Waals surface area contributed by atoms with Gasteiger partial charge in [-0.25, -0.2) is 8.78 Å². The Hall–Kier alpha value is -1.20. The summed E-state index contributed by atoms with van der Waals surface area (Å²) in [7, 11) is 0.943. The van der Waals surface area contributed by atoms with Gasteiger partial charge in [-0.1, -0.05) is 0 Å². The molecule has 1 aliphatic heterocycles. The Kier molecular flexibility index (Phi) is 2.25. The monoisotopic (exact) mass is 184 g/mol. The highest BCUT2D eigenvalue weighted by Gasteiger charge is 2.33. The van der Waals surface area contributed by atoms with Gasteiger partial charge in [0.15, 0.2) is 0 Å². The van der Waals surface area contributed by atoms with Gasteiger partial charge in [0.2, 0.25) is 17.5 Å². The van der Waals surface area contributed by atoms with Gasteiger partial charge in [0.05, 0.1) is 7.11 Å². The van der Waals surface area contributed by atoms with Gasteiger partial charge in [-0.3, -0.25) is 0 Å². The second kappa shape index (κ2) is 3.04. The molecule has 68 valence electrons. The zero-order valence-corrected chi connectivity index (χ0v) is 5.91. The number of hydrogen-bond donors (Lipinski definition) is 0. The molecule has 0 spiro atoms. The van der Waals surface area contributed by atoms with Crippen molar-refractivity contribution in [3.8, 4) is 0 Å². The van der Waals surface area contributed by atoms with Crippen molar-refractivity contribution in [3.05, 3.63) is 23.4 Å². The van der Waals surface area contributed by atoms with Crippen LogP contribution in [0.15, 0.2) is 23.4 Å². The van der Waals surface area contributed by atoms with Crippen molar-refractivity contribution in [1.82, 2.24) is 0 Å². The van der Waals surface area contributed by atoms with Gasteiger partial charge < -0.3 is 9.47 Å². The van der Waals surface area contributed by atoms with Crippen molar-refractivity contribution in [2.75, 3.05) is 7.11 Å². The molecule has 0 radical (unpaired) electrons. The van der Waals surface area contributed by atoms with Crippen molar-refractivity contribution >= 4 is 0 Å². The molecule has 2 nitrogen and oxygen atoms in total. The number of allylic oxidation sites excluding steroid dienone is 2. The Bertz CT molecular complexity index is 256. The van der Waals surface area contributed by atoms with E-state index in [4.69, 9.17) is 0 Å². The summed E-state index contributed by atoms with van der Waals surface area (Å²) < 4.78 is 57.2. The third-order valence-corrected chi connectivity index (χ3v) is 1.18. The third-order valence-electron chi connectivity index (χ3n) is 1.18. The minimum atomic E-state index is -2.64. The molecule has 0 amide bonds. The minimum Gasteiger partial charge on any atom is -0.466 e. The van der Waals surface area contributed by atoms with Crippen molar-refractivity contribution in [3.63, 3.8) is 0 Å². The second-order valence-electron chi connectivity index (χ2n) is 1.90. The highest BCUT2D eigenvalue weighted by molar-refractivity contribution is 5.26. The first-order valence-corrected chi connectivity index (χ1v) is 2.88. The molecule has 0 fully saturated rings. The maximum atomic E-state index is 12.5. The SMILES string of the molecule is COC1=C(F)C(F)=C(F)C(F)O1. The van der Waals surface area contributed by atoms with Crippen molar-refractivity contribution in [2.24, 2.45) is 0 Å². The predicted molar refractivity (Wildman–Crippen MR) is 30.4 cm³/mol. The average molecular weight is 184 g/mol. The predicted octanol–water partition coefficient (Wildman–Crippen LogP) is 2.25. The summed E-state index contributed by atoms with van der Waals surface area (Å²) in [4.78, 5) is 0. The first kappa shape index (κ1) is 8.89. The molecule has 1 unspecified atom stereocenters. The number of methoxy groups -OCH3 is 1.